The van der Waals surface area contributed by atoms with Crippen LogP contribution in [0.5, 0.6) is 0 Å². The van der Waals surface area contributed by atoms with Crippen LogP contribution < -0.4 is 0 Å². The van der Waals surface area contributed by atoms with E-state index in [1.807, 2.05) is 0 Å². The summed E-state index contributed by atoms with van der Waals surface area (Å²) in [4.78, 5) is 0. The second-order valence-corrected chi connectivity index (χ2v) is 30.6. The van der Waals surface area contributed by atoms with Gasteiger partial charge in [0.25, 0.3) is 0 Å². The Morgan fingerprint density at radius 3 is 2.12 bits per heavy atom. The van der Waals surface area contributed by atoms with Crippen molar-refractivity contribution in [3.05, 3.63) is 47.6 Å². The molecule has 0 radical (unpaired) electrons. The molecule has 5 heteroatoms. The van der Waals surface area contributed by atoms with Gasteiger partial charge in [-0.1, -0.05) is 131 Å². The number of hydrogen-bond donors (Lipinski definition) is 1. The summed E-state index contributed by atoms with van der Waals surface area (Å²) in [7, 11) is -3.93. The third kappa shape index (κ3) is 10.1. The van der Waals surface area contributed by atoms with Crippen molar-refractivity contribution in [2.24, 2.45) is 28.6 Å². The smallest absolute Gasteiger partial charge is 0.192 e. The Kier molecular flexibility index (Phi) is 14.0. The third-order valence-electron chi connectivity index (χ3n) is 15.3. The van der Waals surface area contributed by atoms with Crippen LogP contribution in [0.25, 0.3) is 0 Å². The van der Waals surface area contributed by atoms with Gasteiger partial charge in [0.1, 0.15) is 0 Å². The first-order chi connectivity index (χ1) is 23.6. The van der Waals surface area contributed by atoms with Gasteiger partial charge in [-0.25, -0.2) is 0 Å². The molecule has 4 aliphatic carbocycles. The normalized spacial score (nSPS) is 31.8. The zero-order chi connectivity index (χ0) is 38.0. The van der Waals surface area contributed by atoms with Crippen molar-refractivity contribution in [2.75, 3.05) is 0 Å². The molecule has 0 heterocycles. The number of hydrogen-bond acceptors (Lipinski definition) is 3. The molecule has 4 aliphatic rings. The molecule has 7 atom stereocenters. The summed E-state index contributed by atoms with van der Waals surface area (Å²) in [5.74, 6) is 1.80. The molecule has 0 aromatic heterocycles. The van der Waals surface area contributed by atoms with Crippen LogP contribution in [0.2, 0.25) is 36.3 Å². The van der Waals surface area contributed by atoms with E-state index in [-0.39, 0.29) is 33.8 Å². The first kappa shape index (κ1) is 43.0. The molecule has 0 aliphatic heterocycles. The predicted octanol–water partition coefficient (Wildman–Crippen LogP) is 13.9. The zero-order valence-electron chi connectivity index (χ0n) is 35.9. The molecular weight excluding hydrogens is 657 g/mol. The molecule has 3 nitrogen and oxygen atoms in total. The van der Waals surface area contributed by atoms with Crippen molar-refractivity contribution in [2.45, 2.75) is 213 Å². The average molecular weight is 739 g/mol. The molecule has 0 bridgehead atoms. The Balaban J connectivity index is 1.50. The van der Waals surface area contributed by atoms with Crippen molar-refractivity contribution < 1.29 is 14.0 Å². The summed E-state index contributed by atoms with van der Waals surface area (Å²) < 4.78 is 14.2. The van der Waals surface area contributed by atoms with Crippen molar-refractivity contribution >= 4 is 16.6 Å². The molecule has 51 heavy (non-hydrogen) atoms. The number of unbranched alkanes of at least 4 members (excludes halogenated alkanes) is 4. The maximum absolute atomic E-state index is 11.3. The summed E-state index contributed by atoms with van der Waals surface area (Å²) in [6.07, 6.45) is 27.9. The highest BCUT2D eigenvalue weighted by Gasteiger charge is 2.51. The van der Waals surface area contributed by atoms with Crippen LogP contribution in [-0.2, 0) is 8.85 Å². The SMILES string of the molecule is C=C1/C(=C\C=C2/CCC[C@]3(C)[C@@H]([C@H](C)/C=C/[C@H](O)C4(CCCCCCC)CC4)CC[C@@H]23)C[C@@H](O[Si](C)(C)C(C)(C)C)C[C@@H]1O[Si](C)(C)C(C)(C)C. The van der Waals surface area contributed by atoms with Crippen molar-refractivity contribution in [1.82, 2.24) is 0 Å². The van der Waals surface area contributed by atoms with Crippen LogP contribution in [0.15, 0.2) is 47.6 Å². The van der Waals surface area contributed by atoms with E-state index >= 15 is 0 Å². The molecule has 4 saturated carbocycles. The minimum Gasteiger partial charge on any atom is -0.413 e. The average Bonchev–Trinajstić information content (AvgIpc) is 3.72. The highest BCUT2D eigenvalue weighted by atomic mass is 28.4. The first-order valence-electron chi connectivity index (χ1n) is 21.4. The van der Waals surface area contributed by atoms with Gasteiger partial charge >= 0.3 is 0 Å². The second-order valence-electron chi connectivity index (χ2n) is 21.1. The van der Waals surface area contributed by atoms with E-state index in [1.165, 1.54) is 94.6 Å². The molecule has 0 spiro atoms. The Bertz CT molecular complexity index is 1270. The standard InChI is InChI=1S/C46H82O3Si2/c1-15-16-17-18-19-29-46(30-31-46)42(47)27-22-34(2)39-25-26-40-36(21-20-28-45(39,40)10)23-24-37-32-38(48-50(11,12)43(4,5)6)33-41(35(37)3)49-51(13,14)44(7,8)9/h22-24,27,34,38-42,47H,3,15-21,25-26,28-33H2,1-2,4-14H3/b27-22+,36-23+,37-24-/t34-,38-,39-,40+,41+,42+,45-/m1/s1. The monoisotopic (exact) mass is 739 g/mol. The largest absolute Gasteiger partial charge is 0.413 e. The molecular formula is C46H82O3Si2. The Morgan fingerprint density at radius 2 is 1.51 bits per heavy atom. The summed E-state index contributed by atoms with van der Waals surface area (Å²) in [5.41, 5.74) is 4.66. The molecule has 0 saturated heterocycles. The lowest BCUT2D eigenvalue weighted by Gasteiger charge is -2.45. The maximum Gasteiger partial charge on any atom is 0.192 e. The van der Waals surface area contributed by atoms with Gasteiger partial charge in [-0.2, -0.15) is 0 Å². The van der Waals surface area contributed by atoms with E-state index in [9.17, 15) is 5.11 Å². The van der Waals surface area contributed by atoms with E-state index < -0.39 is 16.6 Å². The molecule has 4 rings (SSSR count). The zero-order valence-corrected chi connectivity index (χ0v) is 37.9. The van der Waals surface area contributed by atoms with Gasteiger partial charge in [-0.15, -0.1) is 0 Å². The number of aliphatic hydroxyl groups excluding tert-OH is 1. The molecule has 1 N–H and O–H groups in total. The summed E-state index contributed by atoms with van der Waals surface area (Å²) in [6.45, 7) is 35.6. The Hall–Kier alpha value is -0.726. The fourth-order valence-electron chi connectivity index (χ4n) is 9.46. The molecule has 0 aromatic rings. The molecule has 0 amide bonds. The van der Waals surface area contributed by atoms with E-state index in [2.05, 4.69) is 113 Å². The van der Waals surface area contributed by atoms with E-state index in [4.69, 9.17) is 15.4 Å². The summed E-state index contributed by atoms with van der Waals surface area (Å²) in [5, 5.41) is 11.6. The number of allylic oxidation sites excluding steroid dienone is 4. The molecule has 4 fully saturated rings. The predicted molar refractivity (Wildman–Crippen MR) is 226 cm³/mol. The van der Waals surface area contributed by atoms with Gasteiger partial charge in [-0.3, -0.25) is 0 Å². The lowest BCUT2D eigenvalue weighted by molar-refractivity contribution is 0.0969. The highest BCUT2D eigenvalue weighted by molar-refractivity contribution is 6.74. The second kappa shape index (κ2) is 16.6. The van der Waals surface area contributed by atoms with Gasteiger partial charge in [0, 0.05) is 6.42 Å². The van der Waals surface area contributed by atoms with Crippen LogP contribution in [0.3, 0.4) is 0 Å². The Labute approximate surface area is 318 Å². The van der Waals surface area contributed by atoms with Crippen molar-refractivity contribution in [3.63, 3.8) is 0 Å². The van der Waals surface area contributed by atoms with Crippen molar-refractivity contribution in [1.29, 1.82) is 0 Å². The Morgan fingerprint density at radius 1 is 0.882 bits per heavy atom. The van der Waals surface area contributed by atoms with Gasteiger partial charge in [-0.05, 0) is 134 Å². The molecule has 292 valence electrons. The van der Waals surface area contributed by atoms with Gasteiger partial charge in [0.2, 0.25) is 0 Å². The van der Waals surface area contributed by atoms with Gasteiger partial charge < -0.3 is 14.0 Å². The lowest BCUT2D eigenvalue weighted by atomic mass is 9.61. The van der Waals surface area contributed by atoms with Gasteiger partial charge in [0.15, 0.2) is 16.6 Å². The first-order valence-corrected chi connectivity index (χ1v) is 27.2. The van der Waals surface area contributed by atoms with Crippen LogP contribution in [0.4, 0.5) is 0 Å². The molecule has 0 aromatic carbocycles. The minimum atomic E-state index is -1.99. The van der Waals surface area contributed by atoms with Crippen LogP contribution in [-0.4, -0.2) is 40.1 Å². The fourth-order valence-corrected chi connectivity index (χ4v) is 12.1. The summed E-state index contributed by atoms with van der Waals surface area (Å²) >= 11 is 0. The van der Waals surface area contributed by atoms with E-state index in [0.717, 1.165) is 12.8 Å². The quantitative estimate of drug-likeness (QED) is 0.103. The van der Waals surface area contributed by atoms with Crippen LogP contribution in [0.1, 0.15) is 159 Å². The lowest BCUT2D eigenvalue weighted by Crippen LogP contribution is -2.49. The highest BCUT2D eigenvalue weighted by Crippen LogP contribution is 2.60. The van der Waals surface area contributed by atoms with Crippen LogP contribution >= 0.6 is 0 Å². The topological polar surface area (TPSA) is 38.7 Å². The maximum atomic E-state index is 11.3. The number of fused-ring (bicyclic) bond motifs is 1. The summed E-state index contributed by atoms with van der Waals surface area (Å²) in [6, 6.07) is 0. The van der Waals surface area contributed by atoms with Crippen molar-refractivity contribution in [3.8, 4) is 0 Å². The number of aliphatic hydroxyl groups is 1. The minimum absolute atomic E-state index is 0.0189. The third-order valence-corrected chi connectivity index (χ3v) is 24.3. The number of rotatable bonds is 15. The van der Waals surface area contributed by atoms with E-state index in [1.54, 1.807) is 5.57 Å². The molecule has 0 unspecified atom stereocenters. The van der Waals surface area contributed by atoms with Crippen LogP contribution in [0, 0.1) is 28.6 Å². The van der Waals surface area contributed by atoms with E-state index in [0.29, 0.717) is 23.2 Å². The fraction of sp³-hybridized carbons (Fsp3) is 0.826. The van der Waals surface area contributed by atoms with Gasteiger partial charge in [0.05, 0.1) is 18.3 Å².